The number of nitrogens with two attached hydrogens (primary N) is 2. The van der Waals surface area contributed by atoms with Crippen molar-refractivity contribution < 1.29 is 59.3 Å². The molecule has 0 aromatic carbocycles. The number of carboxylic acids is 1. The van der Waals surface area contributed by atoms with Crippen LogP contribution in [0.15, 0.2) is 27.4 Å². The molecule has 20 heteroatoms. The average molecular weight is 617 g/mol. The minimum atomic E-state index is -2.09. The SMILES string of the molecule is C/C=C1/CN(C(=O)C(NC(=O)C(N)C(O)C(O)COC(N)=O)[C@H]2O[C@@H](n3cc(CO)c(=O)[nH]c3=O)[C@H](O)[C@@H]2O)[C@@H]1C(=O)O. The van der Waals surface area contributed by atoms with Crippen LogP contribution < -0.4 is 28.0 Å². The molecule has 20 nitrogen and oxygen atoms in total. The molecule has 43 heavy (non-hydrogen) atoms. The number of aromatic nitrogens is 2. The first kappa shape index (κ1) is 33.3. The largest absolute Gasteiger partial charge is 0.479 e. The Morgan fingerprint density at radius 1 is 1.23 bits per heavy atom. The van der Waals surface area contributed by atoms with Gasteiger partial charge in [-0.15, -0.1) is 0 Å². The number of carbonyl (C=O) groups is 4. The van der Waals surface area contributed by atoms with Gasteiger partial charge in [0.1, 0.15) is 49.2 Å². The summed E-state index contributed by atoms with van der Waals surface area (Å²) in [6, 6.07) is -5.47. The van der Waals surface area contributed by atoms with Crippen LogP contribution in [0.4, 0.5) is 4.79 Å². The number of rotatable bonds is 11. The summed E-state index contributed by atoms with van der Waals surface area (Å²) in [4.78, 5) is 76.2. The third-order valence-corrected chi connectivity index (χ3v) is 7.02. The highest BCUT2D eigenvalue weighted by molar-refractivity contribution is 5.95. The molecule has 3 heterocycles. The maximum atomic E-state index is 13.6. The number of carbonyl (C=O) groups excluding carboxylic acids is 3. The topological polar surface area (TPSA) is 330 Å². The second-order valence-corrected chi connectivity index (χ2v) is 9.72. The van der Waals surface area contributed by atoms with Crippen molar-refractivity contribution in [2.45, 2.75) is 68.4 Å². The summed E-state index contributed by atoms with van der Waals surface area (Å²) in [5.74, 6) is -3.89. The van der Waals surface area contributed by atoms with Gasteiger partial charge in [0.25, 0.3) is 5.56 Å². The summed E-state index contributed by atoms with van der Waals surface area (Å²) in [6.07, 6.45) is -10.7. The predicted octanol–water partition coefficient (Wildman–Crippen LogP) is -6.48. The molecule has 238 valence electrons. The molecular weight excluding hydrogens is 584 g/mol. The standard InChI is InChI=1S/C23H32N6O14/c1-2-7-3-28(12(7)21(38)39)19(37)11(26-18(36)10(24)13(32)9(31)6-42-22(25)40)16-14(33)15(34)20(43-16)29-4-8(5-30)17(35)27-23(29)41/h2,4,9-16,20,30-34H,3,5-6,24H2,1H3,(H2,25,40)(H,26,36)(H,38,39)(H,27,35,41)/b7-2-/t9?,10?,11?,12-,13?,14-,15+,16+,20+/m0/s1. The van der Waals surface area contributed by atoms with Gasteiger partial charge in [0.2, 0.25) is 11.8 Å². The van der Waals surface area contributed by atoms with Gasteiger partial charge in [-0.2, -0.15) is 0 Å². The number of amides is 3. The molecule has 0 aliphatic carbocycles. The molecule has 3 amide bonds. The second-order valence-electron chi connectivity index (χ2n) is 9.72. The van der Waals surface area contributed by atoms with E-state index in [0.717, 1.165) is 11.1 Å². The van der Waals surface area contributed by atoms with Gasteiger partial charge in [-0.25, -0.2) is 14.4 Å². The van der Waals surface area contributed by atoms with Gasteiger partial charge in [-0.05, 0) is 12.5 Å². The van der Waals surface area contributed by atoms with Crippen LogP contribution in [0.1, 0.15) is 18.7 Å². The van der Waals surface area contributed by atoms with Crippen molar-refractivity contribution in [2.75, 3.05) is 13.2 Å². The lowest BCUT2D eigenvalue weighted by molar-refractivity contribution is -0.157. The van der Waals surface area contributed by atoms with Crippen molar-refractivity contribution in [3.8, 4) is 0 Å². The molecule has 0 bridgehead atoms. The van der Waals surface area contributed by atoms with Gasteiger partial charge in [0.05, 0.1) is 12.2 Å². The number of allylic oxidation sites excluding steroid dienone is 1. The van der Waals surface area contributed by atoms with Crippen molar-refractivity contribution in [2.24, 2.45) is 11.5 Å². The molecule has 12 N–H and O–H groups in total. The van der Waals surface area contributed by atoms with E-state index in [2.05, 4.69) is 10.1 Å². The normalized spacial score (nSPS) is 27.1. The number of H-pyrrole nitrogens is 1. The molecule has 2 saturated heterocycles. The Labute approximate surface area is 240 Å². The number of primary amides is 1. The molecule has 9 atom stereocenters. The summed E-state index contributed by atoms with van der Waals surface area (Å²) in [5.41, 5.74) is 8.46. The van der Waals surface area contributed by atoms with Crippen LogP contribution >= 0.6 is 0 Å². The van der Waals surface area contributed by atoms with Gasteiger partial charge < -0.3 is 61.8 Å². The molecule has 0 saturated carbocycles. The van der Waals surface area contributed by atoms with E-state index in [1.165, 1.54) is 13.0 Å². The zero-order valence-electron chi connectivity index (χ0n) is 22.5. The third kappa shape index (κ3) is 6.74. The van der Waals surface area contributed by atoms with E-state index in [1.54, 1.807) is 0 Å². The number of carboxylic acid groups (broad SMARTS) is 1. The molecule has 1 aromatic rings. The lowest BCUT2D eigenvalue weighted by atomic mass is 9.92. The third-order valence-electron chi connectivity index (χ3n) is 7.02. The monoisotopic (exact) mass is 616 g/mol. The van der Waals surface area contributed by atoms with E-state index < -0.39 is 103 Å². The van der Waals surface area contributed by atoms with Crippen molar-refractivity contribution in [3.05, 3.63) is 44.2 Å². The highest BCUT2D eigenvalue weighted by Crippen LogP contribution is 2.33. The number of aliphatic hydroxyl groups excluding tert-OH is 5. The van der Waals surface area contributed by atoms with Crippen LogP contribution in [0, 0.1) is 0 Å². The van der Waals surface area contributed by atoms with Crippen LogP contribution in [0.25, 0.3) is 0 Å². The van der Waals surface area contributed by atoms with Crippen molar-refractivity contribution in [1.82, 2.24) is 19.8 Å². The highest BCUT2D eigenvalue weighted by atomic mass is 16.6. The van der Waals surface area contributed by atoms with E-state index in [4.69, 9.17) is 16.2 Å². The van der Waals surface area contributed by atoms with Crippen molar-refractivity contribution >= 4 is 23.9 Å². The Morgan fingerprint density at radius 2 is 1.88 bits per heavy atom. The molecule has 0 spiro atoms. The summed E-state index contributed by atoms with van der Waals surface area (Å²) < 4.78 is 10.6. The van der Waals surface area contributed by atoms with Gasteiger partial charge >= 0.3 is 17.8 Å². The number of hydrogen-bond donors (Lipinski definition) is 10. The fourth-order valence-electron chi connectivity index (χ4n) is 4.60. The van der Waals surface area contributed by atoms with Gasteiger partial charge in [0, 0.05) is 12.7 Å². The van der Waals surface area contributed by atoms with Crippen LogP contribution in [0.3, 0.4) is 0 Å². The number of aliphatic carboxylic acids is 1. The van der Waals surface area contributed by atoms with E-state index in [0.29, 0.717) is 10.1 Å². The average Bonchev–Trinajstić information content (AvgIpc) is 3.22. The zero-order valence-corrected chi connectivity index (χ0v) is 22.5. The molecule has 2 aliphatic heterocycles. The fourth-order valence-corrected chi connectivity index (χ4v) is 4.60. The summed E-state index contributed by atoms with van der Waals surface area (Å²) in [5, 5.41) is 63.0. The van der Waals surface area contributed by atoms with Crippen LogP contribution in [0.2, 0.25) is 0 Å². The summed E-state index contributed by atoms with van der Waals surface area (Å²) in [6.45, 7) is -0.350. The minimum absolute atomic E-state index is 0.204. The first-order chi connectivity index (χ1) is 20.1. The molecular formula is C23H32N6O14. The first-order valence-corrected chi connectivity index (χ1v) is 12.6. The van der Waals surface area contributed by atoms with E-state index in [1.807, 2.05) is 4.98 Å². The first-order valence-electron chi connectivity index (χ1n) is 12.6. The minimum Gasteiger partial charge on any atom is -0.479 e. The van der Waals surface area contributed by atoms with Gasteiger partial charge in [-0.1, -0.05) is 6.08 Å². The number of nitrogens with zero attached hydrogens (tertiary/aromatic N) is 2. The molecule has 2 fully saturated rings. The maximum absolute atomic E-state index is 13.6. The number of ether oxygens (including phenoxy) is 2. The number of nitrogens with one attached hydrogen (secondary N) is 2. The van der Waals surface area contributed by atoms with Crippen LogP contribution in [-0.4, -0.2) is 131 Å². The van der Waals surface area contributed by atoms with Gasteiger partial charge in [0.15, 0.2) is 12.3 Å². The lowest BCUT2D eigenvalue weighted by Gasteiger charge is -2.43. The Hall–Kier alpha value is -4.18. The number of likely N-dealkylation sites (tertiary alicyclic amines) is 1. The Bertz CT molecular complexity index is 1390. The molecule has 4 unspecified atom stereocenters. The van der Waals surface area contributed by atoms with Crippen LogP contribution in [-0.2, 0) is 30.5 Å². The predicted molar refractivity (Wildman–Crippen MR) is 138 cm³/mol. The Balaban J connectivity index is 1.95. The number of hydrogen-bond acceptors (Lipinski definition) is 14. The number of aromatic amines is 1. The summed E-state index contributed by atoms with van der Waals surface area (Å²) >= 11 is 0. The summed E-state index contributed by atoms with van der Waals surface area (Å²) in [7, 11) is 0. The van der Waals surface area contributed by atoms with Crippen molar-refractivity contribution in [3.63, 3.8) is 0 Å². The molecule has 3 rings (SSSR count). The molecule has 2 aliphatic rings. The fraction of sp³-hybridized carbons (Fsp3) is 0.565. The molecule has 0 radical (unpaired) electrons. The Kier molecular flexibility index (Phi) is 10.4. The lowest BCUT2D eigenvalue weighted by Crippen LogP contribution is -2.67. The zero-order chi connectivity index (χ0) is 32.3. The van der Waals surface area contributed by atoms with Gasteiger partial charge in [-0.3, -0.25) is 23.9 Å². The van der Waals surface area contributed by atoms with Crippen molar-refractivity contribution in [1.29, 1.82) is 0 Å². The quantitative estimate of drug-likeness (QED) is 0.103. The maximum Gasteiger partial charge on any atom is 0.404 e. The molecule has 1 aromatic heterocycles. The Morgan fingerprint density at radius 3 is 2.44 bits per heavy atom. The number of aliphatic hydroxyl groups is 5. The second kappa shape index (κ2) is 13.4. The smallest absolute Gasteiger partial charge is 0.404 e. The van der Waals surface area contributed by atoms with E-state index >= 15 is 0 Å². The highest BCUT2D eigenvalue weighted by Gasteiger charge is 2.54. The van der Waals surface area contributed by atoms with E-state index in [-0.39, 0.29) is 12.1 Å². The van der Waals surface area contributed by atoms with Crippen LogP contribution in [0.5, 0.6) is 0 Å². The van der Waals surface area contributed by atoms with E-state index in [9.17, 15) is 59.4 Å².